The summed E-state index contributed by atoms with van der Waals surface area (Å²) in [7, 11) is 4.16. The molecule has 0 radical (unpaired) electrons. The van der Waals surface area contributed by atoms with Gasteiger partial charge in [-0.2, -0.15) is 0 Å². The Morgan fingerprint density at radius 1 is 1.30 bits per heavy atom. The molecule has 0 aliphatic carbocycles. The standard InChI is InChI=1S/C14H27N3O.2ClH/c1-16-8-4-5-12(10-16)11-17(2)14(18)13-6-3-7-15-9-13;;/h12-13,15H,3-11H2,1-2H3;2*1H. The maximum Gasteiger partial charge on any atom is 0.226 e. The van der Waals surface area contributed by atoms with Gasteiger partial charge in [-0.3, -0.25) is 4.79 Å². The van der Waals surface area contributed by atoms with E-state index in [9.17, 15) is 4.79 Å². The molecule has 2 heterocycles. The van der Waals surface area contributed by atoms with Gasteiger partial charge in [-0.25, -0.2) is 0 Å². The van der Waals surface area contributed by atoms with Crippen LogP contribution in [0.4, 0.5) is 0 Å². The first kappa shape index (κ1) is 20.0. The van der Waals surface area contributed by atoms with Gasteiger partial charge < -0.3 is 15.1 Å². The fourth-order valence-corrected chi connectivity index (χ4v) is 3.27. The molecule has 0 aromatic carbocycles. The third kappa shape index (κ3) is 5.76. The molecule has 20 heavy (non-hydrogen) atoms. The number of nitrogens with zero attached hydrogens (tertiary/aromatic N) is 2. The number of rotatable bonds is 3. The largest absolute Gasteiger partial charge is 0.345 e. The second-order valence-corrected chi connectivity index (χ2v) is 6.03. The van der Waals surface area contributed by atoms with Crippen molar-refractivity contribution in [3.05, 3.63) is 0 Å². The number of carbonyl (C=O) groups excluding carboxylic acids is 1. The van der Waals surface area contributed by atoms with E-state index in [1.165, 1.54) is 19.4 Å². The summed E-state index contributed by atoms with van der Waals surface area (Å²) in [5.41, 5.74) is 0. The third-order valence-corrected chi connectivity index (χ3v) is 4.28. The van der Waals surface area contributed by atoms with Gasteiger partial charge >= 0.3 is 0 Å². The fourth-order valence-electron chi connectivity index (χ4n) is 3.27. The first-order valence-corrected chi connectivity index (χ1v) is 7.31. The van der Waals surface area contributed by atoms with Crippen molar-refractivity contribution in [1.82, 2.24) is 15.1 Å². The molecule has 0 bridgehead atoms. The van der Waals surface area contributed by atoms with Crippen molar-refractivity contribution in [2.75, 3.05) is 46.8 Å². The van der Waals surface area contributed by atoms with E-state index in [0.29, 0.717) is 11.8 Å². The average Bonchev–Trinajstić information content (AvgIpc) is 2.39. The SMILES string of the molecule is CN1CCCC(CN(C)C(=O)C2CCCNC2)C1.Cl.Cl. The number of likely N-dealkylation sites (tertiary alicyclic amines) is 1. The van der Waals surface area contributed by atoms with Gasteiger partial charge in [0.15, 0.2) is 0 Å². The third-order valence-electron chi connectivity index (χ3n) is 4.28. The summed E-state index contributed by atoms with van der Waals surface area (Å²) < 4.78 is 0. The van der Waals surface area contributed by atoms with Crippen molar-refractivity contribution >= 4 is 30.7 Å². The minimum atomic E-state index is 0. The number of nitrogens with one attached hydrogen (secondary N) is 1. The number of hydrogen-bond donors (Lipinski definition) is 1. The molecule has 2 fully saturated rings. The number of amides is 1. The Bertz CT molecular complexity index is 286. The first-order valence-electron chi connectivity index (χ1n) is 7.31. The molecule has 2 saturated heterocycles. The van der Waals surface area contributed by atoms with Crippen molar-refractivity contribution in [2.45, 2.75) is 25.7 Å². The normalized spacial score (nSPS) is 27.1. The summed E-state index contributed by atoms with van der Waals surface area (Å²) in [4.78, 5) is 16.7. The summed E-state index contributed by atoms with van der Waals surface area (Å²) in [5, 5.41) is 3.33. The highest BCUT2D eigenvalue weighted by atomic mass is 35.5. The van der Waals surface area contributed by atoms with Gasteiger partial charge in [-0.05, 0) is 51.7 Å². The average molecular weight is 326 g/mol. The molecular formula is C14H29Cl2N3O. The predicted octanol–water partition coefficient (Wildman–Crippen LogP) is 1.63. The van der Waals surface area contributed by atoms with E-state index in [1.807, 2.05) is 11.9 Å². The molecular weight excluding hydrogens is 297 g/mol. The number of carbonyl (C=O) groups is 1. The van der Waals surface area contributed by atoms with Crippen LogP contribution in [0, 0.1) is 11.8 Å². The van der Waals surface area contributed by atoms with E-state index in [1.54, 1.807) is 0 Å². The van der Waals surface area contributed by atoms with Crippen molar-refractivity contribution in [3.8, 4) is 0 Å². The number of hydrogen-bond acceptors (Lipinski definition) is 3. The lowest BCUT2D eigenvalue weighted by molar-refractivity contribution is -0.135. The summed E-state index contributed by atoms with van der Waals surface area (Å²) in [6.45, 7) is 5.22. The van der Waals surface area contributed by atoms with E-state index in [4.69, 9.17) is 0 Å². The van der Waals surface area contributed by atoms with Gasteiger partial charge in [0, 0.05) is 26.7 Å². The van der Waals surface area contributed by atoms with E-state index in [0.717, 1.165) is 39.0 Å². The van der Waals surface area contributed by atoms with Crippen LogP contribution in [0.1, 0.15) is 25.7 Å². The van der Waals surface area contributed by atoms with Gasteiger partial charge in [0.1, 0.15) is 0 Å². The lowest BCUT2D eigenvalue weighted by atomic mass is 9.95. The highest BCUT2D eigenvalue weighted by molar-refractivity contribution is 5.85. The van der Waals surface area contributed by atoms with Crippen LogP contribution < -0.4 is 5.32 Å². The predicted molar refractivity (Wildman–Crippen MR) is 87.9 cm³/mol. The first-order chi connectivity index (χ1) is 8.66. The molecule has 2 aliphatic heterocycles. The molecule has 4 nitrogen and oxygen atoms in total. The molecule has 1 N–H and O–H groups in total. The van der Waals surface area contributed by atoms with Gasteiger partial charge in [0.2, 0.25) is 5.91 Å². The molecule has 0 saturated carbocycles. The van der Waals surface area contributed by atoms with Crippen molar-refractivity contribution in [3.63, 3.8) is 0 Å². The van der Waals surface area contributed by atoms with Gasteiger partial charge in [-0.1, -0.05) is 0 Å². The fraction of sp³-hybridized carbons (Fsp3) is 0.929. The van der Waals surface area contributed by atoms with Gasteiger partial charge in [0.05, 0.1) is 5.92 Å². The number of halogens is 2. The Labute approximate surface area is 135 Å². The Balaban J connectivity index is 0.00000180. The Morgan fingerprint density at radius 2 is 2.05 bits per heavy atom. The van der Waals surface area contributed by atoms with Crippen molar-refractivity contribution < 1.29 is 4.79 Å². The zero-order valence-corrected chi connectivity index (χ0v) is 14.3. The van der Waals surface area contributed by atoms with E-state index in [-0.39, 0.29) is 30.7 Å². The lowest BCUT2D eigenvalue weighted by Gasteiger charge is -2.34. The quantitative estimate of drug-likeness (QED) is 0.856. The molecule has 2 aliphatic rings. The highest BCUT2D eigenvalue weighted by Crippen LogP contribution is 2.18. The van der Waals surface area contributed by atoms with E-state index < -0.39 is 0 Å². The summed E-state index contributed by atoms with van der Waals surface area (Å²) in [6, 6.07) is 0. The summed E-state index contributed by atoms with van der Waals surface area (Å²) in [6.07, 6.45) is 4.73. The molecule has 2 atom stereocenters. The molecule has 0 aromatic heterocycles. The highest BCUT2D eigenvalue weighted by Gasteiger charge is 2.26. The topological polar surface area (TPSA) is 35.6 Å². The second kappa shape index (κ2) is 9.82. The van der Waals surface area contributed by atoms with E-state index in [2.05, 4.69) is 17.3 Å². The van der Waals surface area contributed by atoms with Crippen LogP contribution in [0.25, 0.3) is 0 Å². The monoisotopic (exact) mass is 325 g/mol. The zero-order valence-electron chi connectivity index (χ0n) is 12.6. The molecule has 120 valence electrons. The van der Waals surface area contributed by atoms with Gasteiger partial charge in [-0.15, -0.1) is 24.8 Å². The Kier molecular flexibility index (Phi) is 9.81. The minimum absolute atomic E-state index is 0. The van der Waals surface area contributed by atoms with E-state index >= 15 is 0 Å². The molecule has 2 unspecified atom stereocenters. The maximum absolute atomic E-state index is 12.3. The number of piperidine rings is 2. The lowest BCUT2D eigenvalue weighted by Crippen LogP contribution is -2.45. The molecule has 6 heteroatoms. The molecule has 0 aromatic rings. The maximum atomic E-state index is 12.3. The smallest absolute Gasteiger partial charge is 0.226 e. The molecule has 0 spiro atoms. The van der Waals surface area contributed by atoms with Crippen LogP contribution in [0.3, 0.4) is 0 Å². The Hall–Kier alpha value is -0.0300. The summed E-state index contributed by atoms with van der Waals surface area (Å²) in [5.74, 6) is 1.22. The summed E-state index contributed by atoms with van der Waals surface area (Å²) >= 11 is 0. The molecule has 1 amide bonds. The van der Waals surface area contributed by atoms with Gasteiger partial charge in [0.25, 0.3) is 0 Å². The van der Waals surface area contributed by atoms with Crippen LogP contribution in [-0.2, 0) is 4.79 Å². The van der Waals surface area contributed by atoms with Crippen LogP contribution in [0.5, 0.6) is 0 Å². The zero-order chi connectivity index (χ0) is 13.0. The van der Waals surface area contributed by atoms with Crippen LogP contribution >= 0.6 is 24.8 Å². The second-order valence-electron chi connectivity index (χ2n) is 6.03. The Morgan fingerprint density at radius 3 is 2.65 bits per heavy atom. The van der Waals surface area contributed by atoms with Crippen molar-refractivity contribution in [2.24, 2.45) is 11.8 Å². The van der Waals surface area contributed by atoms with Crippen LogP contribution in [0.15, 0.2) is 0 Å². The minimum Gasteiger partial charge on any atom is -0.345 e. The van der Waals surface area contributed by atoms with Crippen molar-refractivity contribution in [1.29, 1.82) is 0 Å². The van der Waals surface area contributed by atoms with Crippen LogP contribution in [0.2, 0.25) is 0 Å². The van der Waals surface area contributed by atoms with Crippen LogP contribution in [-0.4, -0.2) is 62.5 Å². The molecule has 2 rings (SSSR count).